The van der Waals surface area contributed by atoms with Crippen LogP contribution in [-0.4, -0.2) is 11.6 Å². The molecule has 2 aromatic carbocycles. The Hall–Kier alpha value is -2.37. The predicted molar refractivity (Wildman–Crippen MR) is 63.0 cm³/mol. The molecule has 4 rings (SSSR count). The highest BCUT2D eigenvalue weighted by Gasteiger charge is 2.61. The molecule has 6 heteroatoms. The first-order valence-electron chi connectivity index (χ1n) is 5.66. The van der Waals surface area contributed by atoms with E-state index in [4.69, 9.17) is 9.31 Å². The van der Waals surface area contributed by atoms with Gasteiger partial charge in [-0.05, 0) is 23.3 Å². The Kier molecular flexibility index (Phi) is 1.66. The van der Waals surface area contributed by atoms with Gasteiger partial charge < -0.3 is 13.6 Å². The molecular weight excluding hydrogens is 234 g/mol. The average Bonchev–Trinajstić information content (AvgIpc) is 2.67. The van der Waals surface area contributed by atoms with Crippen molar-refractivity contribution in [1.82, 2.24) is 0 Å². The fraction of sp³-hybridized carbons (Fsp3) is 0. The Morgan fingerprint density at radius 2 is 1.61 bits per heavy atom. The third-order valence-electron chi connectivity index (χ3n) is 3.03. The number of para-hydroxylation sites is 3. The highest BCUT2D eigenvalue weighted by atomic mass is 19.1. The van der Waals surface area contributed by atoms with Gasteiger partial charge in [-0.2, -0.15) is 4.61 Å². The van der Waals surface area contributed by atoms with Crippen molar-refractivity contribution >= 4 is 18.3 Å². The smallest absolute Gasteiger partial charge is 0.588 e. The minimum absolute atomic E-state index is 0.393. The Balaban J connectivity index is 1.97. The lowest BCUT2D eigenvalue weighted by atomic mass is 10.0. The summed E-state index contributed by atoms with van der Waals surface area (Å²) >= 11 is 0. The summed E-state index contributed by atoms with van der Waals surface area (Å²) in [6.07, 6.45) is 0. The molecule has 4 nitrogen and oxygen atoms in total. The second kappa shape index (κ2) is 3.10. The number of nitrogens with zero attached hydrogens (tertiary/aromatic N) is 2. The highest BCUT2D eigenvalue weighted by Crippen LogP contribution is 2.45. The summed E-state index contributed by atoms with van der Waals surface area (Å²) in [6, 6.07) is 14.1. The van der Waals surface area contributed by atoms with E-state index >= 15 is 0 Å². The van der Waals surface area contributed by atoms with Crippen molar-refractivity contribution in [2.45, 2.75) is 0 Å². The predicted octanol–water partition coefficient (Wildman–Crippen LogP) is 3.30. The molecule has 18 heavy (non-hydrogen) atoms. The van der Waals surface area contributed by atoms with E-state index in [1.54, 1.807) is 42.5 Å². The zero-order valence-corrected chi connectivity index (χ0v) is 9.29. The minimum Gasteiger partial charge on any atom is -0.588 e. The number of benzene rings is 2. The van der Waals surface area contributed by atoms with Gasteiger partial charge in [0.25, 0.3) is 0 Å². The first kappa shape index (κ1) is 9.64. The lowest BCUT2D eigenvalue weighted by Crippen LogP contribution is -2.50. The monoisotopic (exact) mass is 242 g/mol. The molecule has 0 aliphatic carbocycles. The SMILES string of the molecule is F[B-]12Oc3ccccc3N=[N+]1c1ccccc1O2. The molecule has 1 atom stereocenters. The van der Waals surface area contributed by atoms with Gasteiger partial charge in [-0.3, -0.25) is 0 Å². The quantitative estimate of drug-likeness (QED) is 0.664. The molecule has 2 aliphatic rings. The van der Waals surface area contributed by atoms with E-state index in [9.17, 15) is 4.32 Å². The van der Waals surface area contributed by atoms with Crippen molar-refractivity contribution < 1.29 is 18.2 Å². The standard InChI is InChI=1S/C12H8BFN2O2/c14-13-16(10-6-2-4-8-12(10)18-13)15-9-5-1-3-7-11(9)17-13/h1-8H. The number of halogens is 1. The van der Waals surface area contributed by atoms with Crippen LogP contribution in [0.2, 0.25) is 0 Å². The van der Waals surface area contributed by atoms with Gasteiger partial charge in [-0.15, -0.1) is 0 Å². The van der Waals surface area contributed by atoms with Crippen molar-refractivity contribution in [3.8, 4) is 11.5 Å². The third kappa shape index (κ3) is 1.14. The Bertz CT molecular complexity index is 685. The molecule has 0 radical (unpaired) electrons. The summed E-state index contributed by atoms with van der Waals surface area (Å²) in [4.78, 5) is 0. The van der Waals surface area contributed by atoms with E-state index in [2.05, 4.69) is 5.11 Å². The fourth-order valence-corrected chi connectivity index (χ4v) is 2.23. The van der Waals surface area contributed by atoms with Gasteiger partial charge in [0.2, 0.25) is 5.69 Å². The van der Waals surface area contributed by atoms with Gasteiger partial charge >= 0.3 is 6.96 Å². The molecule has 1 unspecified atom stereocenters. The van der Waals surface area contributed by atoms with Gasteiger partial charge in [-0.25, -0.2) is 0 Å². The third-order valence-corrected chi connectivity index (χ3v) is 3.03. The largest absolute Gasteiger partial charge is 0.881 e. The van der Waals surface area contributed by atoms with Crippen LogP contribution in [-0.2, 0) is 0 Å². The van der Waals surface area contributed by atoms with Crippen molar-refractivity contribution in [3.05, 3.63) is 48.5 Å². The molecule has 0 aromatic heterocycles. The van der Waals surface area contributed by atoms with E-state index in [1.807, 2.05) is 6.07 Å². The fourth-order valence-electron chi connectivity index (χ4n) is 2.23. The Morgan fingerprint density at radius 1 is 0.944 bits per heavy atom. The first-order chi connectivity index (χ1) is 8.76. The van der Waals surface area contributed by atoms with Crippen LogP contribution in [0, 0.1) is 0 Å². The summed E-state index contributed by atoms with van der Waals surface area (Å²) in [6.45, 7) is -3.11. The molecule has 88 valence electrons. The summed E-state index contributed by atoms with van der Waals surface area (Å²) in [5, 5.41) is 4.26. The lowest BCUT2D eigenvalue weighted by molar-refractivity contribution is -0.411. The zero-order valence-electron chi connectivity index (χ0n) is 9.29. The van der Waals surface area contributed by atoms with E-state index in [1.165, 1.54) is 4.61 Å². The van der Waals surface area contributed by atoms with E-state index in [-0.39, 0.29) is 0 Å². The van der Waals surface area contributed by atoms with Crippen LogP contribution in [0.15, 0.2) is 53.6 Å². The average molecular weight is 242 g/mol. The van der Waals surface area contributed by atoms with Gasteiger partial charge in [-0.1, -0.05) is 24.3 Å². The van der Waals surface area contributed by atoms with Crippen molar-refractivity contribution in [3.63, 3.8) is 0 Å². The van der Waals surface area contributed by atoms with Crippen LogP contribution in [0.25, 0.3) is 0 Å². The molecule has 0 amide bonds. The lowest BCUT2D eigenvalue weighted by Gasteiger charge is -2.25. The van der Waals surface area contributed by atoms with Crippen molar-refractivity contribution in [1.29, 1.82) is 0 Å². The summed E-state index contributed by atoms with van der Waals surface area (Å²) in [5.41, 5.74) is 1.17. The number of rotatable bonds is 0. The van der Waals surface area contributed by atoms with Crippen LogP contribution in [0.5, 0.6) is 11.5 Å². The van der Waals surface area contributed by atoms with Crippen LogP contribution in [0.3, 0.4) is 0 Å². The Labute approximate surface area is 102 Å². The Morgan fingerprint density at radius 3 is 2.50 bits per heavy atom. The number of hydrogen-bond acceptors (Lipinski definition) is 3. The maximum atomic E-state index is 14.7. The molecule has 0 spiro atoms. The molecule has 0 N–H and O–H groups in total. The zero-order chi connectivity index (χ0) is 12.2. The van der Waals surface area contributed by atoms with Crippen LogP contribution < -0.4 is 9.31 Å². The molecule has 2 aromatic rings. The molecule has 2 aliphatic heterocycles. The molecule has 0 saturated heterocycles. The molecule has 0 fully saturated rings. The van der Waals surface area contributed by atoms with E-state index in [0.717, 1.165) is 0 Å². The second-order valence-corrected chi connectivity index (χ2v) is 4.20. The normalized spacial score (nSPS) is 23.1. The van der Waals surface area contributed by atoms with Crippen molar-refractivity contribution in [2.24, 2.45) is 5.11 Å². The molecule has 0 saturated carbocycles. The van der Waals surface area contributed by atoms with E-state index < -0.39 is 6.96 Å². The highest BCUT2D eigenvalue weighted by molar-refractivity contribution is 6.54. The van der Waals surface area contributed by atoms with Crippen LogP contribution in [0.1, 0.15) is 0 Å². The molecule has 0 bridgehead atoms. The van der Waals surface area contributed by atoms with Gasteiger partial charge in [0.15, 0.2) is 5.69 Å². The minimum atomic E-state index is -3.11. The second-order valence-electron chi connectivity index (χ2n) is 4.20. The first-order valence-corrected chi connectivity index (χ1v) is 5.66. The van der Waals surface area contributed by atoms with Crippen LogP contribution in [0.4, 0.5) is 15.7 Å². The van der Waals surface area contributed by atoms with Gasteiger partial charge in [0.05, 0.1) is 0 Å². The summed E-state index contributed by atoms with van der Waals surface area (Å²) in [5.74, 6) is 0.834. The topological polar surface area (TPSA) is 33.8 Å². The van der Waals surface area contributed by atoms with Crippen LogP contribution >= 0.6 is 0 Å². The van der Waals surface area contributed by atoms with E-state index in [0.29, 0.717) is 22.9 Å². The number of azo groups is 1. The van der Waals surface area contributed by atoms with Gasteiger partial charge in [0, 0.05) is 6.07 Å². The van der Waals surface area contributed by atoms with Gasteiger partial charge in [0.1, 0.15) is 11.5 Å². The number of fused-ring (bicyclic) bond motifs is 4. The summed E-state index contributed by atoms with van der Waals surface area (Å²) in [7, 11) is 0. The molecular formula is C12H8BFN2O2. The maximum Gasteiger partial charge on any atom is 0.881 e. The molecule has 2 heterocycles. The maximum absolute atomic E-state index is 14.7. The van der Waals surface area contributed by atoms with Crippen molar-refractivity contribution in [2.75, 3.05) is 0 Å². The summed E-state index contributed by atoms with van der Waals surface area (Å²) < 4.78 is 26.4. The number of hydrogen-bond donors (Lipinski definition) is 0.